The second kappa shape index (κ2) is 9.16. The Hall–Kier alpha value is -2.45. The highest BCUT2D eigenvalue weighted by atomic mass is 32.1. The lowest BCUT2D eigenvalue weighted by Gasteiger charge is -2.08. The minimum absolute atomic E-state index is 0.161. The summed E-state index contributed by atoms with van der Waals surface area (Å²) in [6.45, 7) is 4.02. The fraction of sp³-hybridized carbons (Fsp3) is 0.350. The summed E-state index contributed by atoms with van der Waals surface area (Å²) in [6.07, 6.45) is 3.10. The summed E-state index contributed by atoms with van der Waals surface area (Å²) < 4.78 is 10.6. The number of thiazole rings is 2. The molecule has 8 heteroatoms. The van der Waals surface area contributed by atoms with Gasteiger partial charge in [0.25, 0.3) is 5.91 Å². The van der Waals surface area contributed by atoms with Gasteiger partial charge >= 0.3 is 0 Å². The zero-order valence-electron chi connectivity index (χ0n) is 16.4. The van der Waals surface area contributed by atoms with E-state index < -0.39 is 0 Å². The fourth-order valence-electron chi connectivity index (χ4n) is 2.71. The standard InChI is InChI=1S/C20H23N3O3S2/c1-5-6-7-17-21-12(2)18(28-17)19(24)23-20-22-14(11-27-20)13-8-9-15(25-3)16(10-13)26-4/h8-11H,5-7H2,1-4H3,(H,22,23,24). The van der Waals surface area contributed by atoms with Gasteiger partial charge < -0.3 is 9.47 Å². The maximum Gasteiger partial charge on any atom is 0.269 e. The summed E-state index contributed by atoms with van der Waals surface area (Å²) in [5.74, 6) is 1.14. The van der Waals surface area contributed by atoms with Crippen LogP contribution in [0.3, 0.4) is 0 Å². The first-order valence-electron chi connectivity index (χ1n) is 9.01. The molecule has 2 aromatic heterocycles. The highest BCUT2D eigenvalue weighted by molar-refractivity contribution is 7.15. The molecule has 3 rings (SSSR count). The van der Waals surface area contributed by atoms with Crippen molar-refractivity contribution in [3.63, 3.8) is 0 Å². The SMILES string of the molecule is CCCCc1nc(C)c(C(=O)Nc2nc(-c3ccc(OC)c(OC)c3)cs2)s1. The van der Waals surface area contributed by atoms with Gasteiger partial charge in [0.1, 0.15) is 4.88 Å². The van der Waals surface area contributed by atoms with Gasteiger partial charge in [0.15, 0.2) is 16.6 Å². The molecule has 1 amide bonds. The van der Waals surface area contributed by atoms with Gasteiger partial charge in [-0.1, -0.05) is 13.3 Å². The number of rotatable bonds is 8. The number of carbonyl (C=O) groups is 1. The van der Waals surface area contributed by atoms with Gasteiger partial charge in [-0.2, -0.15) is 0 Å². The Morgan fingerprint density at radius 2 is 1.96 bits per heavy atom. The van der Waals surface area contributed by atoms with E-state index in [-0.39, 0.29) is 5.91 Å². The summed E-state index contributed by atoms with van der Waals surface area (Å²) >= 11 is 2.85. The van der Waals surface area contributed by atoms with Gasteiger partial charge in [0.2, 0.25) is 0 Å². The number of unbranched alkanes of at least 4 members (excludes halogenated alkanes) is 1. The normalized spacial score (nSPS) is 10.7. The minimum atomic E-state index is -0.161. The van der Waals surface area contributed by atoms with Gasteiger partial charge in [0.05, 0.1) is 30.6 Å². The molecule has 148 valence electrons. The number of amides is 1. The number of anilines is 1. The van der Waals surface area contributed by atoms with Crippen molar-refractivity contribution in [2.45, 2.75) is 33.1 Å². The number of ether oxygens (including phenoxy) is 2. The monoisotopic (exact) mass is 417 g/mol. The first-order chi connectivity index (χ1) is 13.5. The molecule has 0 bridgehead atoms. The number of hydrogen-bond acceptors (Lipinski definition) is 7. The van der Waals surface area contributed by atoms with Crippen LogP contribution in [0.15, 0.2) is 23.6 Å². The zero-order valence-corrected chi connectivity index (χ0v) is 18.0. The van der Waals surface area contributed by atoms with E-state index >= 15 is 0 Å². The van der Waals surface area contributed by atoms with E-state index in [0.717, 1.165) is 41.2 Å². The molecule has 0 fully saturated rings. The van der Waals surface area contributed by atoms with E-state index in [1.54, 1.807) is 14.2 Å². The van der Waals surface area contributed by atoms with Crippen molar-refractivity contribution in [1.29, 1.82) is 0 Å². The van der Waals surface area contributed by atoms with E-state index in [2.05, 4.69) is 22.2 Å². The topological polar surface area (TPSA) is 73.3 Å². The van der Waals surface area contributed by atoms with Crippen molar-refractivity contribution in [2.75, 3.05) is 19.5 Å². The molecular formula is C20H23N3O3S2. The molecular weight excluding hydrogens is 394 g/mol. The first kappa shape index (κ1) is 20.3. The largest absolute Gasteiger partial charge is 0.493 e. The average molecular weight is 418 g/mol. The van der Waals surface area contributed by atoms with Crippen molar-refractivity contribution >= 4 is 33.7 Å². The Labute approximate surface area is 172 Å². The van der Waals surface area contributed by atoms with Crippen LogP contribution in [-0.2, 0) is 6.42 Å². The Balaban J connectivity index is 1.74. The number of methoxy groups -OCH3 is 2. The van der Waals surface area contributed by atoms with Crippen LogP contribution in [0.4, 0.5) is 5.13 Å². The minimum Gasteiger partial charge on any atom is -0.493 e. The predicted molar refractivity (Wildman–Crippen MR) is 114 cm³/mol. The van der Waals surface area contributed by atoms with E-state index in [9.17, 15) is 4.79 Å². The van der Waals surface area contributed by atoms with E-state index in [0.29, 0.717) is 21.5 Å². The third kappa shape index (κ3) is 4.51. The number of carbonyl (C=O) groups excluding carboxylic acids is 1. The van der Waals surface area contributed by atoms with Crippen molar-refractivity contribution < 1.29 is 14.3 Å². The molecule has 0 radical (unpaired) electrons. The number of nitrogens with zero attached hydrogens (tertiary/aromatic N) is 2. The van der Waals surface area contributed by atoms with E-state index in [4.69, 9.17) is 9.47 Å². The lowest BCUT2D eigenvalue weighted by atomic mass is 10.1. The van der Waals surface area contributed by atoms with Crippen LogP contribution >= 0.6 is 22.7 Å². The van der Waals surface area contributed by atoms with Gasteiger partial charge in [0, 0.05) is 10.9 Å². The van der Waals surface area contributed by atoms with Crippen molar-refractivity contribution in [1.82, 2.24) is 9.97 Å². The number of aromatic nitrogens is 2. The van der Waals surface area contributed by atoms with Crippen molar-refractivity contribution in [3.05, 3.63) is 39.2 Å². The Morgan fingerprint density at radius 3 is 2.68 bits per heavy atom. The van der Waals surface area contributed by atoms with Gasteiger partial charge in [-0.05, 0) is 38.0 Å². The quantitative estimate of drug-likeness (QED) is 0.546. The van der Waals surface area contributed by atoms with Crippen LogP contribution in [0.1, 0.15) is 40.1 Å². The van der Waals surface area contributed by atoms with Crippen molar-refractivity contribution in [3.8, 4) is 22.8 Å². The molecule has 0 atom stereocenters. The molecule has 6 nitrogen and oxygen atoms in total. The maximum atomic E-state index is 12.6. The fourth-order valence-corrected chi connectivity index (χ4v) is 4.43. The molecule has 0 saturated carbocycles. The summed E-state index contributed by atoms with van der Waals surface area (Å²) in [6, 6.07) is 5.62. The van der Waals surface area contributed by atoms with Gasteiger partial charge in [-0.15, -0.1) is 22.7 Å². The van der Waals surface area contributed by atoms with Crippen LogP contribution in [-0.4, -0.2) is 30.1 Å². The van der Waals surface area contributed by atoms with E-state index in [1.807, 2.05) is 30.5 Å². The van der Waals surface area contributed by atoms with Crippen LogP contribution in [0.25, 0.3) is 11.3 Å². The average Bonchev–Trinajstić information content (AvgIpc) is 3.32. The highest BCUT2D eigenvalue weighted by Gasteiger charge is 2.17. The number of aryl methyl sites for hydroxylation is 2. The zero-order chi connectivity index (χ0) is 20.1. The first-order valence-corrected chi connectivity index (χ1v) is 10.7. The summed E-state index contributed by atoms with van der Waals surface area (Å²) in [5, 5.41) is 6.36. The molecule has 2 heterocycles. The Morgan fingerprint density at radius 1 is 1.18 bits per heavy atom. The lowest BCUT2D eigenvalue weighted by Crippen LogP contribution is -2.11. The number of benzene rings is 1. The molecule has 0 aliphatic rings. The summed E-state index contributed by atoms with van der Waals surface area (Å²) in [5.41, 5.74) is 2.43. The highest BCUT2D eigenvalue weighted by Crippen LogP contribution is 2.33. The van der Waals surface area contributed by atoms with Crippen LogP contribution in [0, 0.1) is 6.92 Å². The number of hydrogen-bond donors (Lipinski definition) is 1. The van der Waals surface area contributed by atoms with Gasteiger partial charge in [-0.25, -0.2) is 9.97 Å². The Kier molecular flexibility index (Phi) is 6.64. The van der Waals surface area contributed by atoms with Crippen LogP contribution < -0.4 is 14.8 Å². The molecule has 0 aliphatic heterocycles. The molecule has 0 spiro atoms. The molecule has 0 aliphatic carbocycles. The maximum absolute atomic E-state index is 12.6. The molecule has 1 aromatic carbocycles. The lowest BCUT2D eigenvalue weighted by molar-refractivity contribution is 0.103. The third-order valence-electron chi connectivity index (χ3n) is 4.20. The molecule has 0 saturated heterocycles. The molecule has 1 N–H and O–H groups in total. The molecule has 3 aromatic rings. The third-order valence-corrected chi connectivity index (χ3v) is 6.17. The van der Waals surface area contributed by atoms with E-state index in [1.165, 1.54) is 22.7 Å². The summed E-state index contributed by atoms with van der Waals surface area (Å²) in [7, 11) is 3.20. The predicted octanol–water partition coefficient (Wildman–Crippen LogP) is 5.19. The second-order valence-electron chi connectivity index (χ2n) is 6.19. The molecule has 0 unspecified atom stereocenters. The van der Waals surface area contributed by atoms with Crippen LogP contribution in [0.5, 0.6) is 11.5 Å². The van der Waals surface area contributed by atoms with Crippen molar-refractivity contribution in [2.24, 2.45) is 0 Å². The molecule has 28 heavy (non-hydrogen) atoms. The Bertz CT molecular complexity index is 966. The van der Waals surface area contributed by atoms with Crippen LogP contribution in [0.2, 0.25) is 0 Å². The smallest absolute Gasteiger partial charge is 0.269 e. The summed E-state index contributed by atoms with van der Waals surface area (Å²) in [4.78, 5) is 22.3. The number of nitrogens with one attached hydrogen (secondary N) is 1. The second-order valence-corrected chi connectivity index (χ2v) is 8.13. The van der Waals surface area contributed by atoms with Gasteiger partial charge in [-0.3, -0.25) is 10.1 Å².